The van der Waals surface area contributed by atoms with Gasteiger partial charge >= 0.3 is 16.3 Å². The van der Waals surface area contributed by atoms with Crippen LogP contribution < -0.4 is 24.8 Å². The minimum absolute atomic E-state index is 0.0219. The van der Waals surface area contributed by atoms with Gasteiger partial charge in [-0.2, -0.15) is 12.7 Å². The number of alkyl halides is 1. The van der Waals surface area contributed by atoms with E-state index in [0.717, 1.165) is 58.5 Å². The van der Waals surface area contributed by atoms with E-state index in [-0.39, 0.29) is 30.9 Å². The average molecular weight is 897 g/mol. The summed E-state index contributed by atoms with van der Waals surface area (Å²) >= 11 is 1.89. The van der Waals surface area contributed by atoms with Crippen molar-refractivity contribution in [2.45, 2.75) is 99.8 Å². The number of methoxy groups -OCH3 is 1. The third-order valence-corrected chi connectivity index (χ3v) is 13.3. The number of rotatable bonds is 9. The second-order valence-corrected chi connectivity index (χ2v) is 18.8. The molecule has 1 aliphatic carbocycles. The number of carbonyl (C=O) groups is 4. The molecule has 2 fully saturated rings. The van der Waals surface area contributed by atoms with Gasteiger partial charge in [0.25, 0.3) is 5.91 Å². The first kappa shape index (κ1) is 42.4. The Bertz CT molecular complexity index is 1870. The first-order valence-electron chi connectivity index (χ1n) is 18.7. The third-order valence-electron chi connectivity index (χ3n) is 10.6. The number of cyclic esters (lactones) is 1. The minimum Gasteiger partial charge on any atom is -0.496 e. The van der Waals surface area contributed by atoms with Gasteiger partial charge in [-0.05, 0) is 72.6 Å². The van der Waals surface area contributed by atoms with Crippen LogP contribution >= 0.6 is 22.6 Å². The Hall–Kier alpha value is -3.71. The molecule has 5 rings (SSSR count). The molecule has 1 aromatic carbocycles. The minimum atomic E-state index is -4.19. The van der Waals surface area contributed by atoms with Crippen molar-refractivity contribution in [2.75, 3.05) is 34.4 Å². The summed E-state index contributed by atoms with van der Waals surface area (Å²) in [6, 6.07) is 2.31. The fourth-order valence-corrected chi connectivity index (χ4v) is 8.54. The van der Waals surface area contributed by atoms with Crippen molar-refractivity contribution in [3.8, 4) is 11.6 Å². The zero-order chi connectivity index (χ0) is 40.1. The van der Waals surface area contributed by atoms with Gasteiger partial charge in [-0.15, -0.1) is 6.58 Å². The van der Waals surface area contributed by atoms with E-state index in [1.165, 1.54) is 25.1 Å². The molecule has 2 aromatic rings. The Morgan fingerprint density at radius 2 is 1.91 bits per heavy atom. The Kier molecular flexibility index (Phi) is 13.9. The van der Waals surface area contributed by atoms with Crippen molar-refractivity contribution in [1.29, 1.82) is 0 Å². The highest BCUT2D eigenvalue weighted by molar-refractivity contribution is 14.1. The van der Waals surface area contributed by atoms with Gasteiger partial charge in [-0.25, -0.2) is 14.5 Å². The normalized spacial score (nSPS) is 23.8. The standard InChI is InChI=1S/C38H53IN6O9S/c1-7-28(39)32(34(47)43-55(50,51)44(4)5)41-33(46)29-20-26-21-45(29)36(48)31(23-12-9-8-10-13-23)42-37(49)53-22-38(2,3)16-11-14-25-18-27-24(19-30(25)52-6)15-17-40-35(27)54-26/h7,15,17-19,23,26,28-29,31-32H,1,8-14,16,20-22H2,2-6H3,(H,41,46)(H,42,49)(H,43,47)/t26-,28+,29+,31+,32?/m1/s1. The molecule has 0 radical (unpaired) electrons. The van der Waals surface area contributed by atoms with Gasteiger partial charge in [0.15, 0.2) is 0 Å². The first-order valence-corrected chi connectivity index (χ1v) is 21.4. The molecule has 5 atom stereocenters. The molecule has 1 aromatic heterocycles. The van der Waals surface area contributed by atoms with E-state index in [0.29, 0.717) is 25.1 Å². The van der Waals surface area contributed by atoms with Crippen LogP contribution in [0.3, 0.4) is 0 Å². The molecule has 17 heteroatoms. The lowest BCUT2D eigenvalue weighted by molar-refractivity contribution is -0.142. The second kappa shape index (κ2) is 18.0. The van der Waals surface area contributed by atoms with E-state index in [2.05, 4.69) is 22.2 Å². The molecule has 3 N–H and O–H groups in total. The molecule has 15 nitrogen and oxygen atoms in total. The maximum absolute atomic E-state index is 14.8. The van der Waals surface area contributed by atoms with Crippen LogP contribution in [0.15, 0.2) is 37.1 Å². The summed E-state index contributed by atoms with van der Waals surface area (Å²) in [4.78, 5) is 61.9. The summed E-state index contributed by atoms with van der Waals surface area (Å²) in [6.45, 7) is 7.90. The van der Waals surface area contributed by atoms with Gasteiger partial charge in [0.1, 0.15) is 30.0 Å². The molecular weight excluding hydrogens is 843 g/mol. The van der Waals surface area contributed by atoms with Crippen LogP contribution in [0, 0.1) is 11.3 Å². The van der Waals surface area contributed by atoms with Crippen LogP contribution in [0.5, 0.6) is 11.6 Å². The van der Waals surface area contributed by atoms with Gasteiger partial charge < -0.3 is 29.7 Å². The van der Waals surface area contributed by atoms with Gasteiger partial charge in [0, 0.05) is 32.1 Å². The van der Waals surface area contributed by atoms with Crippen molar-refractivity contribution >= 4 is 67.4 Å². The Labute approximate surface area is 337 Å². The van der Waals surface area contributed by atoms with E-state index in [1.54, 1.807) is 13.3 Å². The van der Waals surface area contributed by atoms with Crippen LogP contribution in [0.1, 0.15) is 70.8 Å². The van der Waals surface area contributed by atoms with Crippen molar-refractivity contribution in [1.82, 2.24) is 29.5 Å². The van der Waals surface area contributed by atoms with Crippen LogP contribution in [-0.4, -0.2) is 109 Å². The van der Waals surface area contributed by atoms with Crippen molar-refractivity contribution in [3.63, 3.8) is 0 Å². The maximum atomic E-state index is 14.8. The van der Waals surface area contributed by atoms with Crippen LogP contribution in [0.2, 0.25) is 0 Å². The summed E-state index contributed by atoms with van der Waals surface area (Å²) in [5.41, 5.74) is 0.588. The SMILES string of the molecule is C=C[C@H](I)C(NC(=O)[C@@H]1C[C@@H]2CN1C(=O)[C@H](C1CCCCC1)NC(=O)OCC(C)(C)CCCc1cc3c(nccc3cc1OC)O2)C(=O)NS(=O)(=O)N(C)C. The summed E-state index contributed by atoms with van der Waals surface area (Å²) in [7, 11) is -0.0277. The second-order valence-electron chi connectivity index (χ2n) is 15.5. The van der Waals surface area contributed by atoms with Crippen LogP contribution in [0.25, 0.3) is 10.8 Å². The number of fused-ring (bicyclic) bond motifs is 3. The lowest BCUT2D eigenvalue weighted by Crippen LogP contribution is -2.59. The molecule has 1 unspecified atom stereocenters. The molecule has 55 heavy (non-hydrogen) atoms. The Balaban J connectivity index is 1.54. The molecule has 3 aliphatic rings. The molecule has 4 bridgehead atoms. The van der Waals surface area contributed by atoms with Gasteiger partial charge in [0.2, 0.25) is 17.7 Å². The number of halogens is 1. The fourth-order valence-electron chi connectivity index (χ4n) is 7.47. The number of benzene rings is 1. The Morgan fingerprint density at radius 1 is 1.18 bits per heavy atom. The zero-order valence-corrected chi connectivity index (χ0v) is 35.1. The molecule has 2 aliphatic heterocycles. The molecule has 4 amide bonds. The predicted octanol–water partition coefficient (Wildman–Crippen LogP) is 4.03. The number of pyridine rings is 1. The molecule has 302 valence electrons. The maximum Gasteiger partial charge on any atom is 0.407 e. The van der Waals surface area contributed by atoms with Crippen LogP contribution in [0.4, 0.5) is 4.79 Å². The number of nitrogens with one attached hydrogen (secondary N) is 3. The van der Waals surface area contributed by atoms with Crippen molar-refractivity contribution in [2.24, 2.45) is 11.3 Å². The van der Waals surface area contributed by atoms with Gasteiger partial charge in [-0.1, -0.05) is 61.8 Å². The quantitative estimate of drug-likeness (QED) is 0.189. The summed E-state index contributed by atoms with van der Waals surface area (Å²) < 4.78 is 45.3. The largest absolute Gasteiger partial charge is 0.496 e. The summed E-state index contributed by atoms with van der Waals surface area (Å²) in [5, 5.41) is 7.16. The summed E-state index contributed by atoms with van der Waals surface area (Å²) in [5.74, 6) is -1.28. The zero-order valence-electron chi connectivity index (χ0n) is 32.1. The molecule has 1 saturated heterocycles. The number of amides is 4. The average Bonchev–Trinajstić information content (AvgIpc) is 3.58. The molecular formula is C38H53IN6O9S. The van der Waals surface area contributed by atoms with Gasteiger partial charge in [-0.3, -0.25) is 14.4 Å². The highest BCUT2D eigenvalue weighted by Gasteiger charge is 2.46. The lowest BCUT2D eigenvalue weighted by Gasteiger charge is -2.35. The topological polar surface area (TPSA) is 186 Å². The number of aromatic nitrogens is 1. The molecule has 1 saturated carbocycles. The number of hydrogen-bond donors (Lipinski definition) is 3. The van der Waals surface area contributed by atoms with E-state index >= 15 is 0 Å². The first-order chi connectivity index (χ1) is 26.0. The smallest absolute Gasteiger partial charge is 0.407 e. The van der Waals surface area contributed by atoms with E-state index in [9.17, 15) is 27.6 Å². The van der Waals surface area contributed by atoms with Crippen LogP contribution in [-0.2, 0) is 35.8 Å². The highest BCUT2D eigenvalue weighted by atomic mass is 127. The predicted molar refractivity (Wildman–Crippen MR) is 215 cm³/mol. The number of nitrogens with zero attached hydrogens (tertiary/aromatic N) is 3. The highest BCUT2D eigenvalue weighted by Crippen LogP contribution is 2.35. The van der Waals surface area contributed by atoms with Crippen molar-refractivity contribution < 1.29 is 41.8 Å². The summed E-state index contributed by atoms with van der Waals surface area (Å²) in [6.07, 6.45) is 8.07. The van der Waals surface area contributed by atoms with Gasteiger partial charge in [0.05, 0.1) is 24.2 Å². The number of carbonyl (C=O) groups excluding carboxylic acids is 4. The number of alkyl carbamates (subject to hydrolysis) is 1. The Morgan fingerprint density at radius 3 is 2.58 bits per heavy atom. The third kappa shape index (κ3) is 10.4. The number of aryl methyl sites for hydroxylation is 1. The molecule has 3 heterocycles. The van der Waals surface area contributed by atoms with E-state index < -0.39 is 62.2 Å². The van der Waals surface area contributed by atoms with Crippen molar-refractivity contribution in [3.05, 3.63) is 42.6 Å². The monoisotopic (exact) mass is 896 g/mol. The number of ether oxygens (including phenoxy) is 3. The number of hydrogen-bond acceptors (Lipinski definition) is 10. The lowest BCUT2D eigenvalue weighted by atomic mass is 9.83. The van der Waals surface area contributed by atoms with E-state index in [1.807, 2.05) is 59.4 Å². The fraction of sp³-hybridized carbons (Fsp3) is 0.605. The molecule has 0 spiro atoms. The van der Waals surface area contributed by atoms with E-state index in [4.69, 9.17) is 14.2 Å².